The van der Waals surface area contributed by atoms with E-state index in [1.807, 2.05) is 0 Å². The third kappa shape index (κ3) is 2.65. The fraction of sp³-hybridized carbons (Fsp3) is 0.500. The maximum absolute atomic E-state index is 9.49. The van der Waals surface area contributed by atoms with E-state index in [9.17, 15) is 10.2 Å². The van der Waals surface area contributed by atoms with Crippen LogP contribution in [-0.2, 0) is 6.61 Å². The third-order valence-electron chi connectivity index (χ3n) is 1.69. The zero-order chi connectivity index (χ0) is 9.84. The van der Waals surface area contributed by atoms with Crippen molar-refractivity contribution in [3.8, 4) is 0 Å². The van der Waals surface area contributed by atoms with Gasteiger partial charge in [0.25, 0.3) is 0 Å². The summed E-state index contributed by atoms with van der Waals surface area (Å²) in [4.78, 5) is 0.760. The van der Waals surface area contributed by atoms with E-state index in [1.54, 1.807) is 11.4 Å². The van der Waals surface area contributed by atoms with Gasteiger partial charge >= 0.3 is 0 Å². The highest BCUT2D eigenvalue weighted by molar-refractivity contribution is 7.10. The van der Waals surface area contributed by atoms with Crippen LogP contribution < -0.4 is 0 Å². The lowest BCUT2D eigenvalue weighted by molar-refractivity contribution is 0.0329. The summed E-state index contributed by atoms with van der Waals surface area (Å²) in [5, 5.41) is 29.2. The Labute approximate surface area is 85.2 Å². The number of halogens is 1. The van der Waals surface area contributed by atoms with E-state index in [4.69, 9.17) is 16.7 Å². The molecule has 0 fully saturated rings. The zero-order valence-corrected chi connectivity index (χ0v) is 8.42. The highest BCUT2D eigenvalue weighted by atomic mass is 35.5. The molecule has 0 amide bonds. The predicted molar refractivity (Wildman–Crippen MR) is 51.9 cm³/mol. The van der Waals surface area contributed by atoms with Crippen LogP contribution in [0.1, 0.15) is 16.5 Å². The van der Waals surface area contributed by atoms with Crippen LogP contribution in [0.3, 0.4) is 0 Å². The first kappa shape index (κ1) is 10.9. The monoisotopic (exact) mass is 222 g/mol. The Hall–Kier alpha value is -0.130. The number of rotatable bonds is 4. The summed E-state index contributed by atoms with van der Waals surface area (Å²) < 4.78 is 0. The Morgan fingerprint density at radius 1 is 1.46 bits per heavy atom. The van der Waals surface area contributed by atoms with E-state index < -0.39 is 12.2 Å². The molecule has 74 valence electrons. The molecule has 0 aromatic carbocycles. The van der Waals surface area contributed by atoms with Crippen LogP contribution in [0.5, 0.6) is 0 Å². The van der Waals surface area contributed by atoms with Crippen molar-refractivity contribution >= 4 is 22.9 Å². The quantitative estimate of drug-likeness (QED) is 0.663. The molecule has 1 aromatic rings. The second-order valence-corrected chi connectivity index (χ2v) is 3.98. The van der Waals surface area contributed by atoms with Crippen molar-refractivity contribution < 1.29 is 15.3 Å². The lowest BCUT2D eigenvalue weighted by Gasteiger charge is -2.13. The highest BCUT2D eigenvalue weighted by Crippen LogP contribution is 2.23. The van der Waals surface area contributed by atoms with Crippen molar-refractivity contribution in [3.63, 3.8) is 0 Å². The topological polar surface area (TPSA) is 60.7 Å². The fourth-order valence-corrected chi connectivity index (χ4v) is 1.88. The van der Waals surface area contributed by atoms with Crippen LogP contribution in [0.25, 0.3) is 0 Å². The van der Waals surface area contributed by atoms with Crippen LogP contribution in [0.4, 0.5) is 0 Å². The van der Waals surface area contributed by atoms with Gasteiger partial charge in [-0.15, -0.1) is 22.9 Å². The number of aliphatic hydroxyl groups excluding tert-OH is 3. The van der Waals surface area contributed by atoms with Crippen molar-refractivity contribution in [2.45, 2.75) is 18.8 Å². The van der Waals surface area contributed by atoms with Gasteiger partial charge in [0, 0.05) is 4.88 Å². The average molecular weight is 223 g/mol. The van der Waals surface area contributed by atoms with Crippen molar-refractivity contribution in [3.05, 3.63) is 21.9 Å². The average Bonchev–Trinajstić information content (AvgIpc) is 2.63. The van der Waals surface area contributed by atoms with Crippen molar-refractivity contribution in [2.24, 2.45) is 0 Å². The first-order valence-corrected chi connectivity index (χ1v) is 5.20. The summed E-state index contributed by atoms with van der Waals surface area (Å²) in [6, 6.07) is 1.66. The molecule has 0 saturated heterocycles. The van der Waals surface area contributed by atoms with Gasteiger partial charge in [0.2, 0.25) is 0 Å². The van der Waals surface area contributed by atoms with E-state index in [0.29, 0.717) is 5.56 Å². The second kappa shape index (κ2) is 4.93. The zero-order valence-electron chi connectivity index (χ0n) is 6.85. The van der Waals surface area contributed by atoms with Gasteiger partial charge in [-0.3, -0.25) is 0 Å². The molecule has 2 atom stereocenters. The summed E-state index contributed by atoms with van der Waals surface area (Å²) in [5.74, 6) is -0.00846. The van der Waals surface area contributed by atoms with Crippen molar-refractivity contribution in [1.82, 2.24) is 0 Å². The maximum atomic E-state index is 9.49. The molecular weight excluding hydrogens is 212 g/mol. The maximum Gasteiger partial charge on any atom is 0.107 e. The van der Waals surface area contributed by atoms with Gasteiger partial charge < -0.3 is 15.3 Å². The van der Waals surface area contributed by atoms with Crippen LogP contribution >= 0.6 is 22.9 Å². The first-order chi connectivity index (χ1) is 6.19. The van der Waals surface area contributed by atoms with Crippen molar-refractivity contribution in [1.29, 1.82) is 0 Å². The molecule has 0 radical (unpaired) electrons. The van der Waals surface area contributed by atoms with Crippen LogP contribution in [0.2, 0.25) is 0 Å². The molecule has 5 heteroatoms. The Balaban J connectivity index is 2.70. The molecule has 13 heavy (non-hydrogen) atoms. The van der Waals surface area contributed by atoms with E-state index in [0.717, 1.165) is 4.88 Å². The SMILES string of the molecule is OCc1cc(C(O)C(O)CCl)cs1. The standard InChI is InChI=1S/C8H11ClO3S/c9-2-7(11)8(12)5-1-6(3-10)13-4-5/h1,4,7-8,10-12H,2-3H2. The largest absolute Gasteiger partial charge is 0.391 e. The molecule has 0 aliphatic heterocycles. The Morgan fingerprint density at radius 2 is 2.15 bits per heavy atom. The molecule has 0 aliphatic carbocycles. The minimum absolute atomic E-state index is 0.00846. The molecule has 3 N–H and O–H groups in total. The molecule has 2 unspecified atom stereocenters. The number of thiophene rings is 1. The number of aliphatic hydroxyl groups is 3. The summed E-state index contributed by atoms with van der Waals surface area (Å²) in [6.45, 7) is -0.0473. The lowest BCUT2D eigenvalue weighted by atomic mass is 10.1. The summed E-state index contributed by atoms with van der Waals surface area (Å²) in [7, 11) is 0. The molecular formula is C8H11ClO3S. The van der Waals surface area contributed by atoms with Crippen LogP contribution in [-0.4, -0.2) is 27.3 Å². The van der Waals surface area contributed by atoms with Gasteiger partial charge in [0.05, 0.1) is 18.6 Å². The first-order valence-electron chi connectivity index (χ1n) is 3.79. The van der Waals surface area contributed by atoms with Crippen LogP contribution in [0, 0.1) is 0 Å². The van der Waals surface area contributed by atoms with E-state index in [-0.39, 0.29) is 12.5 Å². The number of hydrogen-bond acceptors (Lipinski definition) is 4. The molecule has 1 heterocycles. The molecule has 1 aromatic heterocycles. The minimum Gasteiger partial charge on any atom is -0.391 e. The Bertz CT molecular complexity index is 264. The van der Waals surface area contributed by atoms with Gasteiger partial charge in [-0.2, -0.15) is 0 Å². The fourth-order valence-electron chi connectivity index (χ4n) is 0.942. The second-order valence-electron chi connectivity index (χ2n) is 2.67. The van der Waals surface area contributed by atoms with E-state index >= 15 is 0 Å². The number of alkyl halides is 1. The Kier molecular flexibility index (Phi) is 4.15. The molecule has 0 spiro atoms. The molecule has 0 saturated carbocycles. The third-order valence-corrected chi connectivity index (χ3v) is 2.95. The lowest BCUT2D eigenvalue weighted by Crippen LogP contribution is -2.19. The van der Waals surface area contributed by atoms with Gasteiger partial charge in [-0.05, 0) is 17.0 Å². The summed E-state index contributed by atoms with van der Waals surface area (Å²) >= 11 is 6.72. The van der Waals surface area contributed by atoms with Gasteiger partial charge in [-0.25, -0.2) is 0 Å². The van der Waals surface area contributed by atoms with E-state index in [1.165, 1.54) is 11.3 Å². The van der Waals surface area contributed by atoms with E-state index in [2.05, 4.69) is 0 Å². The molecule has 3 nitrogen and oxygen atoms in total. The number of hydrogen-bond donors (Lipinski definition) is 3. The molecule has 0 aliphatic rings. The summed E-state index contributed by atoms with van der Waals surface area (Å²) in [5.41, 5.74) is 0.599. The van der Waals surface area contributed by atoms with Gasteiger partial charge in [-0.1, -0.05) is 0 Å². The normalized spacial score (nSPS) is 15.7. The predicted octanol–water partition coefficient (Wildman–Crippen LogP) is 0.873. The smallest absolute Gasteiger partial charge is 0.107 e. The molecule has 1 rings (SSSR count). The molecule has 0 bridgehead atoms. The van der Waals surface area contributed by atoms with Crippen molar-refractivity contribution in [2.75, 3.05) is 5.88 Å². The van der Waals surface area contributed by atoms with Crippen LogP contribution in [0.15, 0.2) is 11.4 Å². The minimum atomic E-state index is -0.964. The summed E-state index contributed by atoms with van der Waals surface area (Å²) in [6.07, 6.45) is -1.92. The Morgan fingerprint density at radius 3 is 2.62 bits per heavy atom. The highest BCUT2D eigenvalue weighted by Gasteiger charge is 2.18. The van der Waals surface area contributed by atoms with Gasteiger partial charge in [0.15, 0.2) is 0 Å². The van der Waals surface area contributed by atoms with Gasteiger partial charge in [0.1, 0.15) is 6.10 Å².